The largest absolute Gasteiger partial charge is 0.469 e. The highest BCUT2D eigenvalue weighted by Crippen LogP contribution is 1.92. The van der Waals surface area contributed by atoms with Crippen LogP contribution < -0.4 is 5.32 Å². The molecule has 1 atom stereocenters. The SMILES string of the molecule is COCC(CCO)NCCC(=O)OC. The van der Waals surface area contributed by atoms with Crippen molar-refractivity contribution in [3.05, 3.63) is 0 Å². The summed E-state index contributed by atoms with van der Waals surface area (Å²) in [4.78, 5) is 10.8. The second kappa shape index (κ2) is 8.93. The van der Waals surface area contributed by atoms with Gasteiger partial charge < -0.3 is 19.9 Å². The van der Waals surface area contributed by atoms with Gasteiger partial charge >= 0.3 is 5.97 Å². The van der Waals surface area contributed by atoms with Gasteiger partial charge in [-0.05, 0) is 6.42 Å². The number of nitrogens with one attached hydrogen (secondary N) is 1. The number of ether oxygens (including phenoxy) is 2. The lowest BCUT2D eigenvalue weighted by Crippen LogP contribution is -2.35. The minimum Gasteiger partial charge on any atom is -0.469 e. The van der Waals surface area contributed by atoms with Gasteiger partial charge in [0.2, 0.25) is 0 Å². The zero-order chi connectivity index (χ0) is 10.8. The van der Waals surface area contributed by atoms with E-state index in [-0.39, 0.29) is 18.6 Å². The summed E-state index contributed by atoms with van der Waals surface area (Å²) >= 11 is 0. The third-order valence-electron chi connectivity index (χ3n) is 1.84. The maximum atomic E-state index is 10.8. The summed E-state index contributed by atoms with van der Waals surface area (Å²) in [6.45, 7) is 1.18. The highest BCUT2D eigenvalue weighted by molar-refractivity contribution is 5.69. The van der Waals surface area contributed by atoms with Crippen LogP contribution in [-0.2, 0) is 14.3 Å². The first-order valence-corrected chi connectivity index (χ1v) is 4.64. The maximum absolute atomic E-state index is 10.8. The summed E-state index contributed by atoms with van der Waals surface area (Å²) in [5.74, 6) is -0.238. The number of methoxy groups -OCH3 is 2. The summed E-state index contributed by atoms with van der Waals surface area (Å²) in [6.07, 6.45) is 0.956. The molecule has 0 saturated heterocycles. The highest BCUT2D eigenvalue weighted by Gasteiger charge is 2.07. The summed E-state index contributed by atoms with van der Waals surface area (Å²) in [5.41, 5.74) is 0. The predicted molar refractivity (Wildman–Crippen MR) is 52.0 cm³/mol. The van der Waals surface area contributed by atoms with Crippen LogP contribution in [0, 0.1) is 0 Å². The highest BCUT2D eigenvalue weighted by atomic mass is 16.5. The molecular formula is C9H19NO4. The Kier molecular flexibility index (Phi) is 8.51. The van der Waals surface area contributed by atoms with Gasteiger partial charge in [-0.15, -0.1) is 0 Å². The molecule has 0 aliphatic heterocycles. The average molecular weight is 205 g/mol. The van der Waals surface area contributed by atoms with Gasteiger partial charge in [0.1, 0.15) is 0 Å². The molecule has 0 aromatic carbocycles. The minimum absolute atomic E-state index is 0.0923. The van der Waals surface area contributed by atoms with Crippen LogP contribution in [0.2, 0.25) is 0 Å². The van der Waals surface area contributed by atoms with Crippen molar-refractivity contribution in [1.82, 2.24) is 5.32 Å². The van der Waals surface area contributed by atoms with Crippen LogP contribution in [-0.4, -0.2) is 51.1 Å². The van der Waals surface area contributed by atoms with Crippen molar-refractivity contribution in [2.75, 3.05) is 34.0 Å². The first-order chi connectivity index (χ1) is 6.74. The molecule has 0 saturated carbocycles. The fourth-order valence-electron chi connectivity index (χ4n) is 1.08. The molecule has 0 aliphatic carbocycles. The molecule has 0 fully saturated rings. The second-order valence-corrected chi connectivity index (χ2v) is 2.94. The van der Waals surface area contributed by atoms with Gasteiger partial charge in [0.15, 0.2) is 0 Å². The Bertz CT molecular complexity index is 146. The van der Waals surface area contributed by atoms with Crippen LogP contribution in [0.5, 0.6) is 0 Å². The smallest absolute Gasteiger partial charge is 0.306 e. The lowest BCUT2D eigenvalue weighted by Gasteiger charge is -2.16. The topological polar surface area (TPSA) is 67.8 Å². The zero-order valence-corrected chi connectivity index (χ0v) is 8.78. The first kappa shape index (κ1) is 13.4. The average Bonchev–Trinajstić information content (AvgIpc) is 2.18. The lowest BCUT2D eigenvalue weighted by molar-refractivity contribution is -0.140. The van der Waals surface area contributed by atoms with Crippen molar-refractivity contribution in [1.29, 1.82) is 0 Å². The Labute approximate surface area is 84.4 Å². The molecule has 0 rings (SSSR count). The molecule has 2 N–H and O–H groups in total. The molecule has 0 heterocycles. The van der Waals surface area contributed by atoms with Crippen LogP contribution >= 0.6 is 0 Å². The van der Waals surface area contributed by atoms with E-state index in [1.165, 1.54) is 7.11 Å². The molecule has 0 spiro atoms. The van der Waals surface area contributed by atoms with E-state index in [2.05, 4.69) is 10.1 Å². The maximum Gasteiger partial charge on any atom is 0.306 e. The van der Waals surface area contributed by atoms with Gasteiger partial charge in [0, 0.05) is 26.3 Å². The van der Waals surface area contributed by atoms with Crippen LogP contribution in [0.3, 0.4) is 0 Å². The monoisotopic (exact) mass is 205 g/mol. The molecule has 14 heavy (non-hydrogen) atoms. The van der Waals surface area contributed by atoms with E-state index in [1.807, 2.05) is 0 Å². The third kappa shape index (κ3) is 6.82. The van der Waals surface area contributed by atoms with E-state index in [0.717, 1.165) is 0 Å². The Hall–Kier alpha value is -0.650. The summed E-state index contributed by atoms with van der Waals surface area (Å²) in [6, 6.07) is 0.0923. The molecule has 0 bridgehead atoms. The molecule has 0 radical (unpaired) electrons. The number of carbonyl (C=O) groups is 1. The van der Waals surface area contributed by atoms with Crippen LogP contribution in [0.15, 0.2) is 0 Å². The number of rotatable bonds is 8. The molecule has 0 aromatic rings. The van der Waals surface area contributed by atoms with E-state index in [1.54, 1.807) is 7.11 Å². The predicted octanol–water partition coefficient (Wildman–Crippen LogP) is -0.463. The number of hydrogen-bond acceptors (Lipinski definition) is 5. The van der Waals surface area contributed by atoms with Gasteiger partial charge in [0.25, 0.3) is 0 Å². The van der Waals surface area contributed by atoms with E-state index in [4.69, 9.17) is 9.84 Å². The molecular weight excluding hydrogens is 186 g/mol. The first-order valence-electron chi connectivity index (χ1n) is 4.64. The van der Waals surface area contributed by atoms with Crippen molar-refractivity contribution >= 4 is 5.97 Å². The Balaban J connectivity index is 3.54. The van der Waals surface area contributed by atoms with Crippen molar-refractivity contribution < 1.29 is 19.4 Å². The molecule has 0 amide bonds. The third-order valence-corrected chi connectivity index (χ3v) is 1.84. The Morgan fingerprint density at radius 2 is 2.21 bits per heavy atom. The quantitative estimate of drug-likeness (QED) is 0.525. The summed E-state index contributed by atoms with van der Waals surface area (Å²) < 4.78 is 9.44. The van der Waals surface area contributed by atoms with E-state index >= 15 is 0 Å². The summed E-state index contributed by atoms with van der Waals surface area (Å²) in [5, 5.41) is 11.8. The Morgan fingerprint density at radius 1 is 1.50 bits per heavy atom. The standard InChI is InChI=1S/C9H19NO4/c1-13-7-8(4-6-11)10-5-3-9(12)14-2/h8,10-11H,3-7H2,1-2H3. The van der Waals surface area contributed by atoms with E-state index in [0.29, 0.717) is 26.0 Å². The molecule has 5 heteroatoms. The minimum atomic E-state index is -0.238. The summed E-state index contributed by atoms with van der Waals surface area (Å²) in [7, 11) is 2.97. The van der Waals surface area contributed by atoms with Crippen LogP contribution in [0.4, 0.5) is 0 Å². The molecule has 0 aliphatic rings. The van der Waals surface area contributed by atoms with Crippen LogP contribution in [0.25, 0.3) is 0 Å². The van der Waals surface area contributed by atoms with E-state index in [9.17, 15) is 4.79 Å². The number of aliphatic hydroxyl groups is 1. The van der Waals surface area contributed by atoms with Gasteiger partial charge in [0.05, 0.1) is 20.1 Å². The fourth-order valence-corrected chi connectivity index (χ4v) is 1.08. The van der Waals surface area contributed by atoms with Gasteiger partial charge in [-0.1, -0.05) is 0 Å². The van der Waals surface area contributed by atoms with E-state index < -0.39 is 0 Å². The normalized spacial score (nSPS) is 12.5. The number of aliphatic hydroxyl groups excluding tert-OH is 1. The molecule has 5 nitrogen and oxygen atoms in total. The lowest BCUT2D eigenvalue weighted by atomic mass is 10.2. The molecule has 0 aromatic heterocycles. The van der Waals surface area contributed by atoms with Gasteiger partial charge in [-0.25, -0.2) is 0 Å². The van der Waals surface area contributed by atoms with Crippen molar-refractivity contribution in [2.45, 2.75) is 18.9 Å². The van der Waals surface area contributed by atoms with Crippen LogP contribution in [0.1, 0.15) is 12.8 Å². The van der Waals surface area contributed by atoms with Gasteiger partial charge in [-0.3, -0.25) is 4.79 Å². The Morgan fingerprint density at radius 3 is 2.71 bits per heavy atom. The second-order valence-electron chi connectivity index (χ2n) is 2.94. The number of esters is 1. The molecule has 1 unspecified atom stereocenters. The van der Waals surface area contributed by atoms with Crippen molar-refractivity contribution in [3.63, 3.8) is 0 Å². The number of carbonyl (C=O) groups excluding carboxylic acids is 1. The number of hydrogen-bond donors (Lipinski definition) is 2. The van der Waals surface area contributed by atoms with Crippen molar-refractivity contribution in [2.24, 2.45) is 0 Å². The zero-order valence-electron chi connectivity index (χ0n) is 8.78. The fraction of sp³-hybridized carbons (Fsp3) is 0.889. The van der Waals surface area contributed by atoms with Gasteiger partial charge in [-0.2, -0.15) is 0 Å². The van der Waals surface area contributed by atoms with Crippen molar-refractivity contribution in [3.8, 4) is 0 Å². The molecule has 84 valence electrons.